The van der Waals surface area contributed by atoms with Gasteiger partial charge < -0.3 is 4.98 Å². The monoisotopic (exact) mass is 346 g/mol. The van der Waals surface area contributed by atoms with Crippen molar-refractivity contribution in [2.24, 2.45) is 0 Å². The standard InChI is InChI=1S/C18H14N6S/c1-10-9-19-11(2)18-22-16(23-24(10)18)12-5-6-13-14(8-12)21-17(20-13)15-4-3-7-25-15/h3-9H,1-2H3,(H,20,21). The predicted molar refractivity (Wildman–Crippen MR) is 98.7 cm³/mol. The van der Waals surface area contributed by atoms with Crippen molar-refractivity contribution < 1.29 is 0 Å². The highest BCUT2D eigenvalue weighted by atomic mass is 32.1. The van der Waals surface area contributed by atoms with Gasteiger partial charge in [0.1, 0.15) is 5.82 Å². The molecular formula is C18H14N6S. The number of rotatable bonds is 2. The Morgan fingerprint density at radius 2 is 2.04 bits per heavy atom. The van der Waals surface area contributed by atoms with Crippen molar-refractivity contribution in [2.45, 2.75) is 13.8 Å². The quantitative estimate of drug-likeness (QED) is 0.524. The lowest BCUT2D eigenvalue weighted by molar-refractivity contribution is 0.891. The largest absolute Gasteiger partial charge is 0.337 e. The number of thiophene rings is 1. The predicted octanol–water partition coefficient (Wildman–Crippen LogP) is 4.01. The molecule has 122 valence electrons. The first-order valence-electron chi connectivity index (χ1n) is 7.92. The minimum absolute atomic E-state index is 0.688. The van der Waals surface area contributed by atoms with Crippen LogP contribution in [0.5, 0.6) is 0 Å². The molecule has 1 aromatic carbocycles. The fourth-order valence-electron chi connectivity index (χ4n) is 2.90. The maximum absolute atomic E-state index is 4.66. The van der Waals surface area contributed by atoms with Crippen LogP contribution in [0.1, 0.15) is 11.4 Å². The van der Waals surface area contributed by atoms with Gasteiger partial charge in [-0.2, -0.15) is 0 Å². The zero-order valence-electron chi connectivity index (χ0n) is 13.7. The molecule has 0 saturated heterocycles. The smallest absolute Gasteiger partial charge is 0.182 e. The number of hydrogen-bond acceptors (Lipinski definition) is 5. The van der Waals surface area contributed by atoms with E-state index in [1.165, 1.54) is 0 Å². The van der Waals surface area contributed by atoms with Gasteiger partial charge in [-0.05, 0) is 43.5 Å². The number of imidazole rings is 1. The van der Waals surface area contributed by atoms with Crippen LogP contribution in [0.2, 0.25) is 0 Å². The van der Waals surface area contributed by atoms with Crippen LogP contribution >= 0.6 is 11.3 Å². The number of hydrogen-bond donors (Lipinski definition) is 1. The maximum atomic E-state index is 4.66. The molecule has 0 aliphatic carbocycles. The minimum Gasteiger partial charge on any atom is -0.337 e. The molecule has 7 heteroatoms. The van der Waals surface area contributed by atoms with Crippen LogP contribution in [-0.4, -0.2) is 29.5 Å². The molecule has 1 N–H and O–H groups in total. The van der Waals surface area contributed by atoms with E-state index in [0.717, 1.165) is 44.3 Å². The number of H-pyrrole nitrogens is 1. The molecule has 25 heavy (non-hydrogen) atoms. The van der Waals surface area contributed by atoms with Crippen molar-refractivity contribution >= 4 is 28.0 Å². The summed E-state index contributed by atoms with van der Waals surface area (Å²) in [5.41, 5.74) is 5.49. The van der Waals surface area contributed by atoms with Gasteiger partial charge in [-0.25, -0.2) is 14.5 Å². The summed E-state index contributed by atoms with van der Waals surface area (Å²) in [7, 11) is 0. The highest BCUT2D eigenvalue weighted by Gasteiger charge is 2.13. The molecule has 4 heterocycles. The molecule has 0 unspecified atom stereocenters. The summed E-state index contributed by atoms with van der Waals surface area (Å²) >= 11 is 1.67. The Hall–Kier alpha value is -3.06. The van der Waals surface area contributed by atoms with Crippen LogP contribution in [0.15, 0.2) is 41.9 Å². The summed E-state index contributed by atoms with van der Waals surface area (Å²) in [6.45, 7) is 3.92. The van der Waals surface area contributed by atoms with Gasteiger partial charge in [-0.1, -0.05) is 6.07 Å². The number of benzene rings is 1. The first-order chi connectivity index (χ1) is 12.2. The molecule has 0 amide bonds. The van der Waals surface area contributed by atoms with Gasteiger partial charge in [0.15, 0.2) is 11.5 Å². The van der Waals surface area contributed by atoms with Gasteiger partial charge >= 0.3 is 0 Å². The van der Waals surface area contributed by atoms with E-state index in [2.05, 4.69) is 31.1 Å². The lowest BCUT2D eigenvalue weighted by Gasteiger charge is -1.97. The molecule has 0 fully saturated rings. The van der Waals surface area contributed by atoms with E-state index < -0.39 is 0 Å². The second-order valence-corrected chi connectivity index (χ2v) is 6.90. The third kappa shape index (κ3) is 2.24. The first kappa shape index (κ1) is 14.3. The lowest BCUT2D eigenvalue weighted by atomic mass is 10.2. The van der Waals surface area contributed by atoms with Crippen LogP contribution in [0.3, 0.4) is 0 Å². The second kappa shape index (κ2) is 5.22. The van der Waals surface area contributed by atoms with E-state index in [4.69, 9.17) is 0 Å². The minimum atomic E-state index is 0.688. The topological polar surface area (TPSA) is 71.8 Å². The summed E-state index contributed by atoms with van der Waals surface area (Å²) in [4.78, 5) is 18.2. The van der Waals surface area contributed by atoms with Crippen LogP contribution in [-0.2, 0) is 0 Å². The van der Waals surface area contributed by atoms with Crippen molar-refractivity contribution in [1.29, 1.82) is 0 Å². The number of aromatic nitrogens is 6. The van der Waals surface area contributed by atoms with Gasteiger partial charge in [0, 0.05) is 11.8 Å². The molecule has 0 aliphatic heterocycles. The van der Waals surface area contributed by atoms with Crippen molar-refractivity contribution in [3.63, 3.8) is 0 Å². The SMILES string of the molecule is Cc1ncc(C)n2nc(-c3ccc4nc(-c5cccs5)[nH]c4c3)nc12. The number of aryl methyl sites for hydroxylation is 2. The molecule has 5 rings (SSSR count). The van der Waals surface area contributed by atoms with Crippen LogP contribution < -0.4 is 0 Å². The third-order valence-corrected chi connectivity index (χ3v) is 5.08. The summed E-state index contributed by atoms with van der Waals surface area (Å²) in [5, 5.41) is 6.69. The van der Waals surface area contributed by atoms with Crippen LogP contribution in [0.4, 0.5) is 0 Å². The molecule has 0 radical (unpaired) electrons. The fraction of sp³-hybridized carbons (Fsp3) is 0.111. The van der Waals surface area contributed by atoms with Gasteiger partial charge in [0.05, 0.1) is 27.3 Å². The van der Waals surface area contributed by atoms with Gasteiger partial charge in [-0.15, -0.1) is 16.4 Å². The Morgan fingerprint density at radius 3 is 2.84 bits per heavy atom. The van der Waals surface area contributed by atoms with Crippen molar-refractivity contribution in [1.82, 2.24) is 29.5 Å². The molecule has 0 spiro atoms. The molecule has 0 bridgehead atoms. The highest BCUT2D eigenvalue weighted by molar-refractivity contribution is 7.13. The van der Waals surface area contributed by atoms with Gasteiger partial charge in [0.2, 0.25) is 0 Å². The molecule has 5 aromatic rings. The second-order valence-electron chi connectivity index (χ2n) is 5.95. The molecule has 6 nitrogen and oxygen atoms in total. The number of nitrogens with one attached hydrogen (secondary N) is 1. The molecule has 0 aliphatic rings. The van der Waals surface area contributed by atoms with E-state index in [-0.39, 0.29) is 0 Å². The van der Waals surface area contributed by atoms with Crippen LogP contribution in [0.25, 0.3) is 38.8 Å². The molecule has 4 aromatic heterocycles. The van der Waals surface area contributed by atoms with E-state index in [1.54, 1.807) is 11.3 Å². The average Bonchev–Trinajstić information content (AvgIpc) is 3.36. The van der Waals surface area contributed by atoms with Crippen molar-refractivity contribution in [2.75, 3.05) is 0 Å². The van der Waals surface area contributed by atoms with Gasteiger partial charge in [0.25, 0.3) is 0 Å². The molecular weight excluding hydrogens is 332 g/mol. The Bertz CT molecular complexity index is 1180. The number of nitrogens with zero attached hydrogens (tertiary/aromatic N) is 5. The molecule has 0 atom stereocenters. The zero-order valence-corrected chi connectivity index (χ0v) is 14.5. The summed E-state index contributed by atoms with van der Waals surface area (Å²) in [6, 6.07) is 10.1. The average molecular weight is 346 g/mol. The maximum Gasteiger partial charge on any atom is 0.182 e. The number of aromatic amines is 1. The summed E-state index contributed by atoms with van der Waals surface area (Å²) in [6.07, 6.45) is 1.81. The van der Waals surface area contributed by atoms with E-state index in [0.29, 0.717) is 5.82 Å². The van der Waals surface area contributed by atoms with E-state index in [1.807, 2.05) is 54.2 Å². The normalized spacial score (nSPS) is 11.6. The van der Waals surface area contributed by atoms with E-state index in [9.17, 15) is 0 Å². The van der Waals surface area contributed by atoms with Gasteiger partial charge in [-0.3, -0.25) is 4.98 Å². The Morgan fingerprint density at radius 1 is 1.12 bits per heavy atom. The first-order valence-corrected chi connectivity index (χ1v) is 8.80. The summed E-state index contributed by atoms with van der Waals surface area (Å²) in [5.74, 6) is 1.58. The summed E-state index contributed by atoms with van der Waals surface area (Å²) < 4.78 is 1.84. The Labute approximate surface area is 147 Å². The van der Waals surface area contributed by atoms with E-state index >= 15 is 0 Å². The highest BCUT2D eigenvalue weighted by Crippen LogP contribution is 2.27. The Balaban J connectivity index is 1.66. The Kier molecular flexibility index (Phi) is 2.98. The number of fused-ring (bicyclic) bond motifs is 2. The molecule has 0 saturated carbocycles. The van der Waals surface area contributed by atoms with Crippen molar-refractivity contribution in [3.05, 3.63) is 53.3 Å². The van der Waals surface area contributed by atoms with Crippen LogP contribution in [0, 0.1) is 13.8 Å². The van der Waals surface area contributed by atoms with Crippen molar-refractivity contribution in [3.8, 4) is 22.1 Å². The fourth-order valence-corrected chi connectivity index (χ4v) is 3.57. The third-order valence-electron chi connectivity index (χ3n) is 4.20. The zero-order chi connectivity index (χ0) is 17.0. The lowest BCUT2D eigenvalue weighted by Crippen LogP contribution is -1.97.